The number of rotatable bonds is 2. The second kappa shape index (κ2) is 6.34. The molecular formula is C21H16N4O. The Hall–Kier alpha value is -3.65. The molecule has 1 aromatic heterocycles. The highest BCUT2D eigenvalue weighted by Gasteiger charge is 2.17. The zero-order valence-corrected chi connectivity index (χ0v) is 14.0. The first kappa shape index (κ1) is 15.9. The monoisotopic (exact) mass is 340 g/mol. The normalized spacial score (nSPS) is 12.8. The minimum atomic E-state index is -0.0361. The molecule has 3 aromatic rings. The van der Waals surface area contributed by atoms with E-state index in [2.05, 4.69) is 16.4 Å². The average molecular weight is 340 g/mol. The molecule has 126 valence electrons. The standard InChI is InChI=1S/C21H16N4O/c22-11-13-2-1-3-14(8-13)17-10-19(20(23)25-12-17)15-4-5-18-16(9-15)6-7-24-21(18)26/h1-5,8-10,12H,6-7H2,(H2,23,25)(H,24,26). The van der Waals surface area contributed by atoms with E-state index >= 15 is 0 Å². The molecule has 1 amide bonds. The molecule has 0 spiro atoms. The van der Waals surface area contributed by atoms with E-state index < -0.39 is 0 Å². The molecule has 5 heteroatoms. The molecule has 0 saturated heterocycles. The van der Waals surface area contributed by atoms with Crippen molar-refractivity contribution in [2.24, 2.45) is 0 Å². The molecule has 3 N–H and O–H groups in total. The van der Waals surface area contributed by atoms with Gasteiger partial charge in [-0.15, -0.1) is 0 Å². The quantitative estimate of drug-likeness (QED) is 0.749. The summed E-state index contributed by atoms with van der Waals surface area (Å²) < 4.78 is 0. The van der Waals surface area contributed by atoms with E-state index in [0.717, 1.165) is 34.2 Å². The highest BCUT2D eigenvalue weighted by atomic mass is 16.1. The third-order valence-corrected chi connectivity index (χ3v) is 4.58. The molecular weight excluding hydrogens is 324 g/mol. The van der Waals surface area contributed by atoms with Crippen molar-refractivity contribution in [3.8, 4) is 28.3 Å². The van der Waals surface area contributed by atoms with Crippen molar-refractivity contribution in [2.75, 3.05) is 12.3 Å². The zero-order chi connectivity index (χ0) is 18.1. The third kappa shape index (κ3) is 2.78. The number of nitrogens with one attached hydrogen (secondary N) is 1. The van der Waals surface area contributed by atoms with Gasteiger partial charge in [0.05, 0.1) is 11.6 Å². The Labute approximate surface area is 151 Å². The van der Waals surface area contributed by atoms with Gasteiger partial charge in [0, 0.05) is 29.4 Å². The fourth-order valence-corrected chi connectivity index (χ4v) is 3.23. The van der Waals surface area contributed by atoms with Crippen LogP contribution in [0.1, 0.15) is 21.5 Å². The Morgan fingerprint density at radius 1 is 1.04 bits per heavy atom. The lowest BCUT2D eigenvalue weighted by Crippen LogP contribution is -2.31. The summed E-state index contributed by atoms with van der Waals surface area (Å²) >= 11 is 0. The van der Waals surface area contributed by atoms with Gasteiger partial charge >= 0.3 is 0 Å². The van der Waals surface area contributed by atoms with E-state index in [4.69, 9.17) is 11.0 Å². The van der Waals surface area contributed by atoms with Crippen LogP contribution in [0.25, 0.3) is 22.3 Å². The molecule has 0 bridgehead atoms. The lowest BCUT2D eigenvalue weighted by molar-refractivity contribution is 0.0946. The number of aromatic nitrogens is 1. The molecule has 0 atom stereocenters. The van der Waals surface area contributed by atoms with Crippen molar-refractivity contribution < 1.29 is 4.79 Å². The van der Waals surface area contributed by atoms with E-state index in [9.17, 15) is 4.79 Å². The molecule has 0 unspecified atom stereocenters. The van der Waals surface area contributed by atoms with E-state index in [-0.39, 0.29) is 5.91 Å². The first-order valence-electron chi connectivity index (χ1n) is 8.33. The van der Waals surface area contributed by atoms with Gasteiger partial charge in [-0.1, -0.05) is 24.3 Å². The number of carbonyl (C=O) groups is 1. The summed E-state index contributed by atoms with van der Waals surface area (Å²) in [6, 6.07) is 17.3. The van der Waals surface area contributed by atoms with Gasteiger partial charge < -0.3 is 11.1 Å². The van der Waals surface area contributed by atoms with Crippen LogP contribution in [-0.4, -0.2) is 17.4 Å². The van der Waals surface area contributed by atoms with Crippen molar-refractivity contribution in [2.45, 2.75) is 6.42 Å². The maximum atomic E-state index is 11.9. The predicted octanol–water partition coefficient (Wildman–Crippen LogP) is 3.16. The Balaban J connectivity index is 1.80. The predicted molar refractivity (Wildman–Crippen MR) is 100 cm³/mol. The highest BCUT2D eigenvalue weighted by molar-refractivity contribution is 5.97. The number of hydrogen-bond donors (Lipinski definition) is 2. The van der Waals surface area contributed by atoms with Crippen molar-refractivity contribution in [1.82, 2.24) is 10.3 Å². The topological polar surface area (TPSA) is 91.8 Å². The number of nitrogens with two attached hydrogens (primary N) is 1. The van der Waals surface area contributed by atoms with Gasteiger partial charge in [0.15, 0.2) is 0 Å². The second-order valence-electron chi connectivity index (χ2n) is 6.23. The van der Waals surface area contributed by atoms with E-state index in [0.29, 0.717) is 23.5 Å². The van der Waals surface area contributed by atoms with Gasteiger partial charge in [-0.2, -0.15) is 5.26 Å². The zero-order valence-electron chi connectivity index (χ0n) is 14.0. The molecule has 2 heterocycles. The van der Waals surface area contributed by atoms with Crippen LogP contribution in [0.3, 0.4) is 0 Å². The molecule has 26 heavy (non-hydrogen) atoms. The van der Waals surface area contributed by atoms with Gasteiger partial charge in [0.1, 0.15) is 5.82 Å². The van der Waals surface area contributed by atoms with Crippen LogP contribution in [0, 0.1) is 11.3 Å². The van der Waals surface area contributed by atoms with E-state index in [1.165, 1.54) is 0 Å². The second-order valence-corrected chi connectivity index (χ2v) is 6.23. The van der Waals surface area contributed by atoms with E-state index in [1.54, 1.807) is 12.3 Å². The number of hydrogen-bond acceptors (Lipinski definition) is 4. The number of carbonyl (C=O) groups excluding carboxylic acids is 1. The number of benzene rings is 2. The summed E-state index contributed by atoms with van der Waals surface area (Å²) in [5, 5.41) is 11.9. The summed E-state index contributed by atoms with van der Waals surface area (Å²) in [6.07, 6.45) is 2.51. The minimum absolute atomic E-state index is 0.0361. The van der Waals surface area contributed by atoms with Gasteiger partial charge in [0.2, 0.25) is 0 Å². The molecule has 2 aromatic carbocycles. The molecule has 0 radical (unpaired) electrons. The highest BCUT2D eigenvalue weighted by Crippen LogP contribution is 2.31. The maximum Gasteiger partial charge on any atom is 0.251 e. The average Bonchev–Trinajstić information content (AvgIpc) is 2.68. The number of nitriles is 1. The number of nitrogens with zero attached hydrogens (tertiary/aromatic N) is 2. The van der Waals surface area contributed by atoms with Crippen LogP contribution in [0.5, 0.6) is 0 Å². The van der Waals surface area contributed by atoms with Gasteiger partial charge in [-0.25, -0.2) is 4.98 Å². The smallest absolute Gasteiger partial charge is 0.251 e. The molecule has 0 aliphatic carbocycles. The van der Waals surface area contributed by atoms with Crippen LogP contribution in [0.4, 0.5) is 5.82 Å². The number of anilines is 1. The Bertz CT molecular complexity index is 1070. The third-order valence-electron chi connectivity index (χ3n) is 4.58. The van der Waals surface area contributed by atoms with Crippen molar-refractivity contribution in [1.29, 1.82) is 5.26 Å². The Kier molecular flexibility index (Phi) is 3.86. The van der Waals surface area contributed by atoms with Crippen molar-refractivity contribution >= 4 is 11.7 Å². The van der Waals surface area contributed by atoms with E-state index in [1.807, 2.05) is 42.5 Å². The molecule has 0 saturated carbocycles. The van der Waals surface area contributed by atoms with Crippen LogP contribution in [-0.2, 0) is 6.42 Å². The fraction of sp³-hybridized carbons (Fsp3) is 0.0952. The summed E-state index contributed by atoms with van der Waals surface area (Å²) in [5.41, 5.74) is 12.0. The number of nitrogen functional groups attached to an aromatic ring is 1. The van der Waals surface area contributed by atoms with Crippen LogP contribution >= 0.6 is 0 Å². The first-order valence-corrected chi connectivity index (χ1v) is 8.33. The summed E-state index contributed by atoms with van der Waals surface area (Å²) in [7, 11) is 0. The molecule has 5 nitrogen and oxygen atoms in total. The Morgan fingerprint density at radius 2 is 1.92 bits per heavy atom. The van der Waals surface area contributed by atoms with Gasteiger partial charge in [-0.05, 0) is 47.4 Å². The fourth-order valence-electron chi connectivity index (χ4n) is 3.23. The summed E-state index contributed by atoms with van der Waals surface area (Å²) in [6.45, 7) is 0.643. The van der Waals surface area contributed by atoms with Crippen molar-refractivity contribution in [3.63, 3.8) is 0 Å². The molecule has 4 rings (SSSR count). The summed E-state index contributed by atoms with van der Waals surface area (Å²) in [5.74, 6) is 0.399. The number of pyridine rings is 1. The van der Waals surface area contributed by atoms with Crippen LogP contribution in [0.2, 0.25) is 0 Å². The van der Waals surface area contributed by atoms with Crippen molar-refractivity contribution in [3.05, 3.63) is 71.4 Å². The Morgan fingerprint density at radius 3 is 2.77 bits per heavy atom. The van der Waals surface area contributed by atoms with Crippen LogP contribution < -0.4 is 11.1 Å². The molecule has 1 aliphatic rings. The first-order chi connectivity index (χ1) is 12.7. The van der Waals surface area contributed by atoms with Crippen LogP contribution in [0.15, 0.2) is 54.7 Å². The van der Waals surface area contributed by atoms with Gasteiger partial charge in [-0.3, -0.25) is 4.79 Å². The lowest BCUT2D eigenvalue weighted by atomic mass is 9.94. The SMILES string of the molecule is N#Cc1cccc(-c2cnc(N)c(-c3ccc4c(c3)CCNC4=O)c2)c1. The number of fused-ring (bicyclic) bond motifs is 1. The largest absolute Gasteiger partial charge is 0.383 e. The van der Waals surface area contributed by atoms with Gasteiger partial charge in [0.25, 0.3) is 5.91 Å². The molecule has 0 fully saturated rings. The molecule has 1 aliphatic heterocycles. The lowest BCUT2D eigenvalue weighted by Gasteiger charge is -2.18. The summed E-state index contributed by atoms with van der Waals surface area (Å²) in [4.78, 5) is 16.3. The maximum absolute atomic E-state index is 11.9. The number of amides is 1. The minimum Gasteiger partial charge on any atom is -0.383 e.